The number of nitrogens with one attached hydrogen (secondary N) is 1. The van der Waals surface area contributed by atoms with Crippen LogP contribution in [-0.2, 0) is 9.59 Å². The van der Waals surface area contributed by atoms with E-state index in [1.165, 1.54) is 4.90 Å². The van der Waals surface area contributed by atoms with Crippen LogP contribution in [0, 0.1) is 6.92 Å². The molecular weight excluding hydrogens is 394 g/mol. The fourth-order valence-electron chi connectivity index (χ4n) is 3.09. The lowest BCUT2D eigenvalue weighted by atomic mass is 10.1. The first-order valence-electron chi connectivity index (χ1n) is 9.10. The normalized spacial score (nSPS) is 12.7. The van der Waals surface area contributed by atoms with Crippen molar-refractivity contribution in [1.29, 1.82) is 0 Å². The van der Waals surface area contributed by atoms with Crippen molar-refractivity contribution in [1.82, 2.24) is 9.80 Å². The van der Waals surface area contributed by atoms with Crippen molar-refractivity contribution in [3.8, 4) is 0 Å². The van der Waals surface area contributed by atoms with E-state index in [0.29, 0.717) is 10.7 Å². The first-order chi connectivity index (χ1) is 13.8. The zero-order valence-corrected chi connectivity index (χ0v) is 16.8. The van der Waals surface area contributed by atoms with Gasteiger partial charge in [0, 0.05) is 17.3 Å². The molecule has 29 heavy (non-hydrogen) atoms. The molecule has 0 saturated carbocycles. The molecule has 0 atom stereocenters. The Balaban J connectivity index is 1.65. The summed E-state index contributed by atoms with van der Waals surface area (Å²) in [6.07, 6.45) is 0. The van der Waals surface area contributed by atoms with Crippen LogP contribution in [0.4, 0.5) is 5.69 Å². The number of nitrogens with zero attached hydrogens (tertiary/aromatic N) is 2. The Morgan fingerprint density at radius 1 is 1.07 bits per heavy atom. The SMILES string of the molecule is CCN(CC(=O)Nc1cc(Cl)ccc1C)C(=O)CN1C(=O)c2ccccc2C1=O. The van der Waals surface area contributed by atoms with Gasteiger partial charge in [-0.2, -0.15) is 0 Å². The van der Waals surface area contributed by atoms with E-state index < -0.39 is 30.2 Å². The van der Waals surface area contributed by atoms with Gasteiger partial charge in [-0.25, -0.2) is 0 Å². The van der Waals surface area contributed by atoms with E-state index in [2.05, 4.69) is 5.32 Å². The van der Waals surface area contributed by atoms with Gasteiger partial charge < -0.3 is 10.2 Å². The molecule has 0 aromatic heterocycles. The van der Waals surface area contributed by atoms with Gasteiger partial charge in [0.1, 0.15) is 6.54 Å². The number of fused-ring (bicyclic) bond motifs is 1. The minimum absolute atomic E-state index is 0.204. The van der Waals surface area contributed by atoms with Gasteiger partial charge in [-0.15, -0.1) is 0 Å². The lowest BCUT2D eigenvalue weighted by Crippen LogP contribution is -2.45. The van der Waals surface area contributed by atoms with Crippen molar-refractivity contribution in [2.45, 2.75) is 13.8 Å². The van der Waals surface area contributed by atoms with Crippen molar-refractivity contribution >= 4 is 40.9 Å². The third-order valence-corrected chi connectivity index (χ3v) is 4.95. The number of benzene rings is 2. The summed E-state index contributed by atoms with van der Waals surface area (Å²) >= 11 is 5.96. The number of imide groups is 1. The molecule has 1 N–H and O–H groups in total. The molecule has 0 aliphatic carbocycles. The Bertz CT molecular complexity index is 970. The number of carbonyl (C=O) groups excluding carboxylic acids is 4. The predicted octanol–water partition coefficient (Wildman–Crippen LogP) is 2.73. The van der Waals surface area contributed by atoms with E-state index in [9.17, 15) is 19.2 Å². The fourth-order valence-corrected chi connectivity index (χ4v) is 3.26. The number of halogens is 1. The van der Waals surface area contributed by atoms with Gasteiger partial charge in [-0.3, -0.25) is 24.1 Å². The number of rotatable bonds is 6. The quantitative estimate of drug-likeness (QED) is 0.738. The average Bonchev–Trinajstić information content (AvgIpc) is 2.94. The highest BCUT2D eigenvalue weighted by molar-refractivity contribution is 6.31. The van der Waals surface area contributed by atoms with E-state index in [0.717, 1.165) is 10.5 Å². The molecule has 4 amide bonds. The lowest BCUT2D eigenvalue weighted by molar-refractivity contribution is -0.134. The predicted molar refractivity (Wildman–Crippen MR) is 109 cm³/mol. The van der Waals surface area contributed by atoms with Crippen LogP contribution >= 0.6 is 11.6 Å². The lowest BCUT2D eigenvalue weighted by Gasteiger charge is -2.23. The first-order valence-corrected chi connectivity index (χ1v) is 9.48. The van der Waals surface area contributed by atoms with Gasteiger partial charge in [0.15, 0.2) is 0 Å². The van der Waals surface area contributed by atoms with Crippen LogP contribution in [0.1, 0.15) is 33.2 Å². The smallest absolute Gasteiger partial charge is 0.262 e. The Morgan fingerprint density at radius 2 is 1.69 bits per heavy atom. The van der Waals surface area contributed by atoms with E-state index in [4.69, 9.17) is 11.6 Å². The van der Waals surface area contributed by atoms with E-state index in [1.54, 1.807) is 49.4 Å². The molecule has 2 aromatic rings. The van der Waals surface area contributed by atoms with Crippen LogP contribution < -0.4 is 5.32 Å². The zero-order chi connectivity index (χ0) is 21.1. The van der Waals surface area contributed by atoms with Crippen LogP contribution in [0.15, 0.2) is 42.5 Å². The topological polar surface area (TPSA) is 86.8 Å². The minimum Gasteiger partial charge on any atom is -0.332 e. The first kappa shape index (κ1) is 20.5. The standard InChI is InChI=1S/C21H20ClN3O4/c1-3-24(11-18(26)23-17-10-14(22)9-8-13(17)2)19(27)12-25-20(28)15-6-4-5-7-16(15)21(25)29/h4-10H,3,11-12H2,1-2H3,(H,23,26). The minimum atomic E-state index is -0.506. The van der Waals surface area contributed by atoms with Gasteiger partial charge in [0.25, 0.3) is 11.8 Å². The molecule has 1 aliphatic rings. The highest BCUT2D eigenvalue weighted by Gasteiger charge is 2.37. The second kappa shape index (κ2) is 8.45. The van der Waals surface area contributed by atoms with Gasteiger partial charge in [-0.1, -0.05) is 29.8 Å². The van der Waals surface area contributed by atoms with Gasteiger partial charge in [-0.05, 0) is 43.7 Å². The monoisotopic (exact) mass is 413 g/mol. The number of aryl methyl sites for hydroxylation is 1. The largest absolute Gasteiger partial charge is 0.332 e. The number of likely N-dealkylation sites (N-methyl/N-ethyl adjacent to an activating group) is 1. The summed E-state index contributed by atoms with van der Waals surface area (Å²) in [4.78, 5) is 52.1. The molecule has 0 radical (unpaired) electrons. The third-order valence-electron chi connectivity index (χ3n) is 4.71. The number of carbonyl (C=O) groups is 4. The molecule has 0 spiro atoms. The fraction of sp³-hybridized carbons (Fsp3) is 0.238. The summed E-state index contributed by atoms with van der Waals surface area (Å²) < 4.78 is 0. The van der Waals surface area contributed by atoms with E-state index >= 15 is 0 Å². The van der Waals surface area contributed by atoms with Gasteiger partial charge in [0.2, 0.25) is 11.8 Å². The maximum absolute atomic E-state index is 12.7. The summed E-state index contributed by atoms with van der Waals surface area (Å²) in [7, 11) is 0. The van der Waals surface area contributed by atoms with Crippen molar-refractivity contribution in [3.63, 3.8) is 0 Å². The molecule has 0 bridgehead atoms. The molecule has 150 valence electrons. The second-order valence-corrected chi connectivity index (χ2v) is 7.09. The van der Waals surface area contributed by atoms with Crippen LogP contribution in [0.5, 0.6) is 0 Å². The number of hydrogen-bond acceptors (Lipinski definition) is 4. The molecule has 0 fully saturated rings. The van der Waals surface area contributed by atoms with Crippen molar-refractivity contribution in [2.24, 2.45) is 0 Å². The maximum atomic E-state index is 12.7. The maximum Gasteiger partial charge on any atom is 0.262 e. The summed E-state index contributed by atoms with van der Waals surface area (Å²) in [6, 6.07) is 11.6. The van der Waals surface area contributed by atoms with Gasteiger partial charge in [0.05, 0.1) is 17.7 Å². The molecule has 8 heteroatoms. The van der Waals surface area contributed by atoms with E-state index in [-0.39, 0.29) is 24.2 Å². The van der Waals surface area contributed by atoms with Crippen LogP contribution in [-0.4, -0.2) is 53.1 Å². The Hall–Kier alpha value is -3.19. The third kappa shape index (κ3) is 4.30. The molecule has 0 unspecified atom stereocenters. The van der Waals surface area contributed by atoms with Crippen LogP contribution in [0.3, 0.4) is 0 Å². The van der Waals surface area contributed by atoms with Gasteiger partial charge >= 0.3 is 0 Å². The van der Waals surface area contributed by atoms with Crippen molar-refractivity contribution < 1.29 is 19.2 Å². The summed E-state index contributed by atoms with van der Waals surface area (Å²) in [5, 5.41) is 3.22. The molecule has 0 saturated heterocycles. The molecular formula is C21H20ClN3O4. The number of amides is 4. The average molecular weight is 414 g/mol. The Morgan fingerprint density at radius 3 is 2.28 bits per heavy atom. The second-order valence-electron chi connectivity index (χ2n) is 6.66. The highest BCUT2D eigenvalue weighted by atomic mass is 35.5. The van der Waals surface area contributed by atoms with Crippen molar-refractivity contribution in [2.75, 3.05) is 25.0 Å². The molecule has 3 rings (SSSR count). The molecule has 7 nitrogen and oxygen atoms in total. The Labute approximate surface area is 173 Å². The summed E-state index contributed by atoms with van der Waals surface area (Å²) in [6.45, 7) is 3.19. The zero-order valence-electron chi connectivity index (χ0n) is 16.1. The number of hydrogen-bond donors (Lipinski definition) is 1. The van der Waals surface area contributed by atoms with Crippen LogP contribution in [0.2, 0.25) is 5.02 Å². The van der Waals surface area contributed by atoms with Crippen molar-refractivity contribution in [3.05, 3.63) is 64.2 Å². The van der Waals surface area contributed by atoms with E-state index in [1.807, 2.05) is 6.92 Å². The van der Waals surface area contributed by atoms with Crippen LogP contribution in [0.25, 0.3) is 0 Å². The molecule has 2 aromatic carbocycles. The molecule has 1 aliphatic heterocycles. The highest BCUT2D eigenvalue weighted by Crippen LogP contribution is 2.22. The summed E-state index contributed by atoms with van der Waals surface area (Å²) in [5.41, 5.74) is 1.96. The Kier molecular flexibility index (Phi) is 5.98. The molecule has 1 heterocycles. The number of anilines is 1. The summed E-state index contributed by atoms with van der Waals surface area (Å²) in [5.74, 6) is -1.89.